The van der Waals surface area contributed by atoms with Gasteiger partial charge < -0.3 is 0 Å². The first-order chi connectivity index (χ1) is 7.18. The first kappa shape index (κ1) is 19.7. The molecule has 0 heteroatoms. The molecular formula is C15H30. The van der Waals surface area contributed by atoms with Crippen molar-refractivity contribution in [2.24, 2.45) is 0 Å². The average Bonchev–Trinajstić information content (AvgIpc) is 2.24. The Morgan fingerprint density at radius 1 is 0.467 bits per heavy atom. The molecule has 0 saturated carbocycles. The third-order valence-corrected chi connectivity index (χ3v) is 1.37. The maximum atomic E-state index is 2.19. The van der Waals surface area contributed by atoms with Crippen LogP contribution in [0.25, 0.3) is 0 Å². The molecule has 0 N–H and O–H groups in total. The van der Waals surface area contributed by atoms with E-state index in [4.69, 9.17) is 0 Å². The molecule has 0 bridgehead atoms. The standard InChI is InChI=1S/C9H12.3C2H6/c1-7-4-8(2)6-9(3)5-7;3*1-2/h4-6H,1-3H3;3*1-2H3. The Hall–Kier alpha value is -0.780. The van der Waals surface area contributed by atoms with Crippen LogP contribution < -0.4 is 0 Å². The van der Waals surface area contributed by atoms with E-state index >= 15 is 0 Å². The van der Waals surface area contributed by atoms with Crippen molar-refractivity contribution in [1.82, 2.24) is 0 Å². The molecule has 0 amide bonds. The maximum Gasteiger partial charge on any atom is -0.0398 e. The van der Waals surface area contributed by atoms with Crippen LogP contribution in [0.4, 0.5) is 0 Å². The van der Waals surface area contributed by atoms with E-state index in [9.17, 15) is 0 Å². The molecular weight excluding hydrogens is 180 g/mol. The number of benzene rings is 1. The van der Waals surface area contributed by atoms with E-state index in [-0.39, 0.29) is 0 Å². The van der Waals surface area contributed by atoms with Crippen molar-refractivity contribution in [3.63, 3.8) is 0 Å². The van der Waals surface area contributed by atoms with Crippen LogP contribution in [0.1, 0.15) is 58.2 Å². The number of hydrogen-bond donors (Lipinski definition) is 0. The predicted molar refractivity (Wildman–Crippen MR) is 74.7 cm³/mol. The van der Waals surface area contributed by atoms with Gasteiger partial charge in [-0.05, 0) is 20.8 Å². The highest BCUT2D eigenvalue weighted by Crippen LogP contribution is 2.06. The highest BCUT2D eigenvalue weighted by molar-refractivity contribution is 5.27. The summed E-state index contributed by atoms with van der Waals surface area (Å²) in [6, 6.07) is 6.56. The zero-order valence-electron chi connectivity index (χ0n) is 12.2. The lowest BCUT2D eigenvalue weighted by atomic mass is 10.1. The zero-order chi connectivity index (χ0) is 12.9. The summed E-state index contributed by atoms with van der Waals surface area (Å²) in [7, 11) is 0. The fourth-order valence-electron chi connectivity index (χ4n) is 1.20. The van der Waals surface area contributed by atoms with Gasteiger partial charge in [-0.25, -0.2) is 0 Å². The largest absolute Gasteiger partial charge is 0.0683 e. The summed E-state index contributed by atoms with van der Waals surface area (Å²) in [5.41, 5.74) is 4.06. The lowest BCUT2D eigenvalue weighted by molar-refractivity contribution is 1.32. The van der Waals surface area contributed by atoms with Crippen molar-refractivity contribution >= 4 is 0 Å². The Labute approximate surface area is 97.7 Å². The third-order valence-electron chi connectivity index (χ3n) is 1.37. The van der Waals surface area contributed by atoms with Crippen molar-refractivity contribution in [2.75, 3.05) is 0 Å². The smallest absolute Gasteiger partial charge is 0.0398 e. The van der Waals surface area contributed by atoms with Crippen molar-refractivity contribution in [1.29, 1.82) is 0 Å². The highest BCUT2D eigenvalue weighted by atomic mass is 13.9. The molecule has 0 aromatic heterocycles. The van der Waals surface area contributed by atoms with Gasteiger partial charge in [-0.2, -0.15) is 0 Å². The normalized spacial score (nSPS) is 7.00. The van der Waals surface area contributed by atoms with Crippen LogP contribution in [0, 0.1) is 20.8 Å². The summed E-state index contributed by atoms with van der Waals surface area (Å²) in [5.74, 6) is 0. The zero-order valence-corrected chi connectivity index (χ0v) is 12.2. The fourth-order valence-corrected chi connectivity index (χ4v) is 1.20. The van der Waals surface area contributed by atoms with Gasteiger partial charge >= 0.3 is 0 Å². The first-order valence-corrected chi connectivity index (χ1v) is 6.23. The monoisotopic (exact) mass is 210 g/mol. The van der Waals surface area contributed by atoms with Gasteiger partial charge in [-0.15, -0.1) is 0 Å². The van der Waals surface area contributed by atoms with E-state index in [1.165, 1.54) is 16.7 Å². The van der Waals surface area contributed by atoms with Crippen molar-refractivity contribution in [3.8, 4) is 0 Å². The molecule has 0 spiro atoms. The quantitative estimate of drug-likeness (QED) is 0.516. The first-order valence-electron chi connectivity index (χ1n) is 6.23. The van der Waals surface area contributed by atoms with E-state index in [1.807, 2.05) is 41.5 Å². The number of rotatable bonds is 0. The molecule has 0 aliphatic carbocycles. The molecule has 0 atom stereocenters. The second-order valence-corrected chi connectivity index (χ2v) is 2.67. The van der Waals surface area contributed by atoms with Crippen LogP contribution in [0.3, 0.4) is 0 Å². The van der Waals surface area contributed by atoms with Crippen molar-refractivity contribution < 1.29 is 0 Å². The van der Waals surface area contributed by atoms with E-state index in [1.54, 1.807) is 0 Å². The highest BCUT2D eigenvalue weighted by Gasteiger charge is 1.87. The summed E-state index contributed by atoms with van der Waals surface area (Å²) >= 11 is 0. The molecule has 0 saturated heterocycles. The lowest BCUT2D eigenvalue weighted by Gasteiger charge is -1.96. The minimum Gasteiger partial charge on any atom is -0.0683 e. The second-order valence-electron chi connectivity index (χ2n) is 2.67. The van der Waals surface area contributed by atoms with Gasteiger partial charge in [0.2, 0.25) is 0 Å². The minimum absolute atomic E-state index is 1.35. The minimum atomic E-state index is 1.35. The predicted octanol–water partition coefficient (Wildman–Crippen LogP) is 5.69. The summed E-state index contributed by atoms with van der Waals surface area (Å²) in [6.07, 6.45) is 0. The van der Waals surface area contributed by atoms with E-state index in [0.29, 0.717) is 0 Å². The maximum absolute atomic E-state index is 2.19. The molecule has 1 aromatic carbocycles. The molecule has 0 heterocycles. The molecule has 0 nitrogen and oxygen atoms in total. The van der Waals surface area contributed by atoms with Gasteiger partial charge in [-0.3, -0.25) is 0 Å². The van der Waals surface area contributed by atoms with Crippen molar-refractivity contribution in [3.05, 3.63) is 34.9 Å². The van der Waals surface area contributed by atoms with Crippen LogP contribution in [0.15, 0.2) is 18.2 Å². The molecule has 0 fully saturated rings. The Bertz CT molecular complexity index is 161. The molecule has 90 valence electrons. The Morgan fingerprint density at radius 3 is 0.733 bits per heavy atom. The number of aryl methyl sites for hydroxylation is 3. The molecule has 15 heavy (non-hydrogen) atoms. The van der Waals surface area contributed by atoms with Gasteiger partial charge in [-0.1, -0.05) is 76.4 Å². The van der Waals surface area contributed by atoms with E-state index in [2.05, 4.69) is 39.0 Å². The molecule has 1 aromatic rings. The second kappa shape index (κ2) is 15.7. The Kier molecular flexibility index (Phi) is 20.6. The SMILES string of the molecule is CC.CC.CC.Cc1cc(C)cc(C)c1. The van der Waals surface area contributed by atoms with Crippen LogP contribution in [-0.4, -0.2) is 0 Å². The van der Waals surface area contributed by atoms with Gasteiger partial charge in [0.05, 0.1) is 0 Å². The summed E-state index contributed by atoms with van der Waals surface area (Å²) in [6.45, 7) is 18.4. The molecule has 0 aliphatic heterocycles. The average molecular weight is 210 g/mol. The fraction of sp³-hybridized carbons (Fsp3) is 0.600. The lowest BCUT2D eigenvalue weighted by Crippen LogP contribution is -1.78. The topological polar surface area (TPSA) is 0 Å². The Morgan fingerprint density at radius 2 is 0.600 bits per heavy atom. The van der Waals surface area contributed by atoms with Gasteiger partial charge in [0.25, 0.3) is 0 Å². The van der Waals surface area contributed by atoms with E-state index in [0.717, 1.165) is 0 Å². The third kappa shape index (κ3) is 13.2. The summed E-state index contributed by atoms with van der Waals surface area (Å²) in [4.78, 5) is 0. The van der Waals surface area contributed by atoms with Crippen molar-refractivity contribution in [2.45, 2.75) is 62.3 Å². The van der Waals surface area contributed by atoms with E-state index < -0.39 is 0 Å². The Balaban J connectivity index is -0.000000208. The summed E-state index contributed by atoms with van der Waals surface area (Å²) < 4.78 is 0. The molecule has 1 rings (SSSR count). The van der Waals surface area contributed by atoms with Gasteiger partial charge in [0, 0.05) is 0 Å². The van der Waals surface area contributed by atoms with Crippen LogP contribution in [0.2, 0.25) is 0 Å². The molecule has 0 radical (unpaired) electrons. The van der Waals surface area contributed by atoms with Gasteiger partial charge in [0.15, 0.2) is 0 Å². The van der Waals surface area contributed by atoms with Gasteiger partial charge in [0.1, 0.15) is 0 Å². The van der Waals surface area contributed by atoms with Crippen LogP contribution in [-0.2, 0) is 0 Å². The number of hydrogen-bond acceptors (Lipinski definition) is 0. The van der Waals surface area contributed by atoms with Crippen LogP contribution >= 0.6 is 0 Å². The van der Waals surface area contributed by atoms with Crippen LogP contribution in [0.5, 0.6) is 0 Å². The molecule has 0 unspecified atom stereocenters. The molecule has 0 aliphatic rings. The summed E-state index contributed by atoms with van der Waals surface area (Å²) in [5, 5.41) is 0.